The number of amides is 2. The number of anilines is 1. The lowest BCUT2D eigenvalue weighted by atomic mass is 9.74. The van der Waals surface area contributed by atoms with Crippen LogP contribution < -0.4 is 15.0 Å². The molecule has 3 heterocycles. The van der Waals surface area contributed by atoms with Crippen molar-refractivity contribution in [2.75, 3.05) is 25.1 Å². The van der Waals surface area contributed by atoms with Gasteiger partial charge in [-0.05, 0) is 55.8 Å². The van der Waals surface area contributed by atoms with Gasteiger partial charge >= 0.3 is 0 Å². The summed E-state index contributed by atoms with van der Waals surface area (Å²) in [6.07, 6.45) is 1.41. The molecule has 2 amide bonds. The molecule has 6 nitrogen and oxygen atoms in total. The molecule has 28 heavy (non-hydrogen) atoms. The lowest BCUT2D eigenvalue weighted by molar-refractivity contribution is -0.123. The molecule has 0 saturated carbocycles. The van der Waals surface area contributed by atoms with Crippen LogP contribution in [0.2, 0.25) is 0 Å². The molecule has 2 aliphatic rings. The Hall–Kier alpha value is -3.12. The number of imide groups is 1. The Kier molecular flexibility index (Phi) is 3.77. The van der Waals surface area contributed by atoms with Gasteiger partial charge in [-0.25, -0.2) is 4.90 Å². The molecule has 2 N–H and O–H groups in total. The smallest absolute Gasteiger partial charge is 0.281 e. The molecule has 0 bridgehead atoms. The molecule has 0 aliphatic carbocycles. The molecule has 1 aromatic heterocycles. The maximum Gasteiger partial charge on any atom is 0.281 e. The average molecular weight is 375 g/mol. The Morgan fingerprint density at radius 2 is 1.89 bits per heavy atom. The van der Waals surface area contributed by atoms with Crippen LogP contribution in [0.25, 0.3) is 10.9 Å². The van der Waals surface area contributed by atoms with Gasteiger partial charge in [0, 0.05) is 17.0 Å². The second kappa shape index (κ2) is 6.21. The van der Waals surface area contributed by atoms with Crippen LogP contribution in [0, 0.1) is 0 Å². The number of ether oxygens (including phenoxy) is 1. The number of benzene rings is 2. The van der Waals surface area contributed by atoms with E-state index in [4.69, 9.17) is 4.74 Å². The van der Waals surface area contributed by atoms with Crippen LogP contribution in [0.5, 0.6) is 5.75 Å². The number of carbonyl (C=O) groups excluding carboxylic acids is 2. The molecule has 1 saturated heterocycles. The number of fused-ring (bicyclic) bond motifs is 3. The molecule has 6 heteroatoms. The van der Waals surface area contributed by atoms with Crippen molar-refractivity contribution < 1.29 is 14.3 Å². The number of hydrogen-bond acceptors (Lipinski definition) is 4. The van der Waals surface area contributed by atoms with Gasteiger partial charge < -0.3 is 15.0 Å². The van der Waals surface area contributed by atoms with E-state index in [-0.39, 0.29) is 11.8 Å². The fourth-order valence-electron chi connectivity index (χ4n) is 4.52. The van der Waals surface area contributed by atoms with E-state index in [0.717, 1.165) is 29.6 Å². The zero-order valence-corrected chi connectivity index (χ0v) is 15.6. The van der Waals surface area contributed by atoms with Crippen LogP contribution in [0.1, 0.15) is 28.9 Å². The Morgan fingerprint density at radius 1 is 1.11 bits per heavy atom. The highest BCUT2D eigenvalue weighted by Gasteiger charge is 2.53. The fourth-order valence-corrected chi connectivity index (χ4v) is 4.52. The molecule has 2 aromatic carbocycles. The molecule has 2 aliphatic heterocycles. The lowest BCUT2D eigenvalue weighted by Crippen LogP contribution is -2.48. The van der Waals surface area contributed by atoms with E-state index in [1.54, 1.807) is 13.2 Å². The minimum absolute atomic E-state index is 0.114. The van der Waals surface area contributed by atoms with Crippen molar-refractivity contribution in [2.45, 2.75) is 18.3 Å². The monoisotopic (exact) mass is 375 g/mol. The maximum atomic E-state index is 13.5. The second-order valence-electron chi connectivity index (χ2n) is 7.43. The molecular formula is C22H21N3O3. The van der Waals surface area contributed by atoms with Crippen molar-refractivity contribution in [1.82, 2.24) is 10.3 Å². The third-order valence-corrected chi connectivity index (χ3v) is 5.99. The number of carbonyl (C=O) groups is 2. The highest BCUT2D eigenvalue weighted by molar-refractivity contribution is 6.27. The number of piperidine rings is 1. The van der Waals surface area contributed by atoms with Gasteiger partial charge in [0.25, 0.3) is 5.91 Å². The molecule has 0 atom stereocenters. The summed E-state index contributed by atoms with van der Waals surface area (Å²) in [5, 5.41) is 4.22. The summed E-state index contributed by atoms with van der Waals surface area (Å²) in [4.78, 5) is 31.4. The van der Waals surface area contributed by atoms with Gasteiger partial charge in [-0.1, -0.05) is 18.2 Å². The van der Waals surface area contributed by atoms with Gasteiger partial charge in [-0.3, -0.25) is 9.59 Å². The van der Waals surface area contributed by atoms with Gasteiger partial charge in [-0.15, -0.1) is 0 Å². The number of para-hydroxylation sites is 1. The fraction of sp³-hybridized carbons (Fsp3) is 0.273. The second-order valence-corrected chi connectivity index (χ2v) is 7.43. The van der Waals surface area contributed by atoms with Crippen LogP contribution in [0.4, 0.5) is 5.69 Å². The number of aromatic amines is 1. The summed E-state index contributed by atoms with van der Waals surface area (Å²) < 4.78 is 5.26. The maximum absolute atomic E-state index is 13.5. The standard InChI is InChI=1S/C22H21N3O3/c1-28-15-7-6-14-12-18(24-17(14)13-15)20(26)25-19-5-3-2-4-16(19)22(21(25)27)8-10-23-11-9-22/h2-7,12-13,23-24H,8-11H2,1H3. The van der Waals surface area contributed by atoms with Crippen LogP contribution in [-0.2, 0) is 10.2 Å². The summed E-state index contributed by atoms with van der Waals surface area (Å²) in [6.45, 7) is 1.54. The molecule has 0 radical (unpaired) electrons. The molecule has 1 spiro atoms. The number of nitrogens with zero attached hydrogens (tertiary/aromatic N) is 1. The van der Waals surface area contributed by atoms with E-state index < -0.39 is 5.41 Å². The topological polar surface area (TPSA) is 74.4 Å². The first kappa shape index (κ1) is 17.0. The van der Waals surface area contributed by atoms with Crippen LogP contribution >= 0.6 is 0 Å². The predicted molar refractivity (Wildman–Crippen MR) is 107 cm³/mol. The summed E-state index contributed by atoms with van der Waals surface area (Å²) in [5.41, 5.74) is 2.27. The summed E-state index contributed by atoms with van der Waals surface area (Å²) in [6, 6.07) is 15.1. The Bertz CT molecular complexity index is 1100. The van der Waals surface area contributed by atoms with Crippen molar-refractivity contribution >= 4 is 28.4 Å². The van der Waals surface area contributed by atoms with Crippen LogP contribution in [0.15, 0.2) is 48.5 Å². The first-order valence-corrected chi connectivity index (χ1v) is 9.50. The Balaban J connectivity index is 1.59. The minimum Gasteiger partial charge on any atom is -0.497 e. The van der Waals surface area contributed by atoms with Crippen molar-refractivity contribution in [3.63, 3.8) is 0 Å². The minimum atomic E-state index is -0.604. The highest BCUT2D eigenvalue weighted by Crippen LogP contribution is 2.47. The van der Waals surface area contributed by atoms with Crippen molar-refractivity contribution in [2.24, 2.45) is 0 Å². The number of nitrogens with one attached hydrogen (secondary N) is 2. The van der Waals surface area contributed by atoms with Gasteiger partial charge in [0.1, 0.15) is 11.4 Å². The molecule has 0 unspecified atom stereocenters. The first-order chi connectivity index (χ1) is 13.6. The number of hydrogen-bond donors (Lipinski definition) is 2. The number of methoxy groups -OCH3 is 1. The van der Waals surface area contributed by atoms with E-state index in [9.17, 15) is 9.59 Å². The Labute approximate surface area is 162 Å². The number of H-pyrrole nitrogens is 1. The number of rotatable bonds is 2. The van der Waals surface area contributed by atoms with E-state index in [2.05, 4.69) is 10.3 Å². The summed E-state index contributed by atoms with van der Waals surface area (Å²) >= 11 is 0. The van der Waals surface area contributed by atoms with E-state index in [0.29, 0.717) is 30.0 Å². The van der Waals surface area contributed by atoms with Crippen molar-refractivity contribution in [1.29, 1.82) is 0 Å². The number of aromatic nitrogens is 1. The van der Waals surface area contributed by atoms with Crippen LogP contribution in [0.3, 0.4) is 0 Å². The highest BCUT2D eigenvalue weighted by atomic mass is 16.5. The van der Waals surface area contributed by atoms with Gasteiger partial charge in [0.05, 0.1) is 18.2 Å². The normalized spacial score (nSPS) is 17.9. The zero-order valence-electron chi connectivity index (χ0n) is 15.6. The predicted octanol–water partition coefficient (Wildman–Crippen LogP) is 2.98. The van der Waals surface area contributed by atoms with Gasteiger partial charge in [0.2, 0.25) is 5.91 Å². The lowest BCUT2D eigenvalue weighted by Gasteiger charge is -2.32. The SMILES string of the molecule is COc1ccc2cc(C(=O)N3C(=O)C4(CCNCC4)c4ccccc43)[nH]c2c1. The Morgan fingerprint density at radius 3 is 2.68 bits per heavy atom. The molecule has 5 rings (SSSR count). The summed E-state index contributed by atoms with van der Waals surface area (Å²) in [5.74, 6) is 0.282. The molecular weight excluding hydrogens is 354 g/mol. The molecule has 1 fully saturated rings. The van der Waals surface area contributed by atoms with Crippen molar-refractivity contribution in [3.8, 4) is 5.75 Å². The zero-order chi connectivity index (χ0) is 19.3. The summed E-state index contributed by atoms with van der Waals surface area (Å²) in [7, 11) is 1.61. The van der Waals surface area contributed by atoms with E-state index >= 15 is 0 Å². The third-order valence-electron chi connectivity index (χ3n) is 5.99. The van der Waals surface area contributed by atoms with E-state index in [1.807, 2.05) is 42.5 Å². The molecule has 3 aromatic rings. The largest absolute Gasteiger partial charge is 0.497 e. The third kappa shape index (κ3) is 2.31. The van der Waals surface area contributed by atoms with Crippen LogP contribution in [-0.4, -0.2) is 37.0 Å². The molecule has 142 valence electrons. The quantitative estimate of drug-likeness (QED) is 0.676. The van der Waals surface area contributed by atoms with Crippen molar-refractivity contribution in [3.05, 3.63) is 59.8 Å². The first-order valence-electron chi connectivity index (χ1n) is 9.50. The van der Waals surface area contributed by atoms with E-state index in [1.165, 1.54) is 4.90 Å². The van der Waals surface area contributed by atoms with Gasteiger partial charge in [0.15, 0.2) is 0 Å². The van der Waals surface area contributed by atoms with Gasteiger partial charge in [-0.2, -0.15) is 0 Å². The average Bonchev–Trinajstić information content (AvgIpc) is 3.26.